The molecule has 30 heavy (non-hydrogen) atoms. The maximum absolute atomic E-state index is 14.4. The second-order valence-electron chi connectivity index (χ2n) is 7.77. The zero-order chi connectivity index (χ0) is 21.7. The van der Waals surface area contributed by atoms with Gasteiger partial charge in [0.15, 0.2) is 17.5 Å². The first-order valence-corrected chi connectivity index (χ1v) is 10.3. The van der Waals surface area contributed by atoms with Gasteiger partial charge in [-0.3, -0.25) is 0 Å². The van der Waals surface area contributed by atoms with Crippen LogP contribution in [0, 0.1) is 23.4 Å². The van der Waals surface area contributed by atoms with E-state index in [4.69, 9.17) is 0 Å². The maximum Gasteiger partial charge on any atom is 0.426 e. The molecule has 0 heterocycles. The topological polar surface area (TPSA) is 9.23 Å². The molecule has 1 nitrogen and oxygen atoms in total. The van der Waals surface area contributed by atoms with E-state index in [1.807, 2.05) is 0 Å². The standard InChI is InChI=1S/C24H25F5O/c1-2-3-4-5-16-6-8-17(9-7-16)18-10-12-19(13-11-18)24(28,29)30-20-14-21(25)23(27)22(26)15-20/h4-5,10-17H,2-3,6-9H2,1H3/b5-4+. The van der Waals surface area contributed by atoms with E-state index in [1.54, 1.807) is 12.1 Å². The number of rotatable bonds is 7. The Kier molecular flexibility index (Phi) is 7.16. The van der Waals surface area contributed by atoms with Crippen LogP contribution in [0.15, 0.2) is 48.6 Å². The van der Waals surface area contributed by atoms with Crippen molar-refractivity contribution in [3.05, 3.63) is 77.1 Å². The molecule has 6 heteroatoms. The molecule has 1 aliphatic carbocycles. The normalized spacial score (nSPS) is 19.9. The van der Waals surface area contributed by atoms with Gasteiger partial charge in [-0.2, -0.15) is 8.78 Å². The average molecular weight is 424 g/mol. The summed E-state index contributed by atoms with van der Waals surface area (Å²) in [6.07, 6.45) is 7.11. The third-order valence-corrected chi connectivity index (χ3v) is 5.56. The van der Waals surface area contributed by atoms with E-state index in [9.17, 15) is 22.0 Å². The third-order valence-electron chi connectivity index (χ3n) is 5.56. The van der Waals surface area contributed by atoms with E-state index in [-0.39, 0.29) is 0 Å². The predicted molar refractivity (Wildman–Crippen MR) is 106 cm³/mol. The van der Waals surface area contributed by atoms with Crippen molar-refractivity contribution in [2.75, 3.05) is 0 Å². The van der Waals surface area contributed by atoms with Gasteiger partial charge in [-0.1, -0.05) is 37.6 Å². The molecule has 2 aromatic carbocycles. The highest BCUT2D eigenvalue weighted by Gasteiger charge is 2.35. The van der Waals surface area contributed by atoms with E-state index in [0.717, 1.165) is 44.1 Å². The van der Waals surface area contributed by atoms with Crippen LogP contribution in [0.25, 0.3) is 0 Å². The Bertz CT molecular complexity index is 845. The summed E-state index contributed by atoms with van der Waals surface area (Å²) in [6, 6.07) is 6.62. The van der Waals surface area contributed by atoms with Gasteiger partial charge in [-0.15, -0.1) is 0 Å². The van der Waals surface area contributed by atoms with Crippen LogP contribution in [0.1, 0.15) is 62.5 Å². The summed E-state index contributed by atoms with van der Waals surface area (Å²) in [5, 5.41) is 0. The number of ether oxygens (including phenoxy) is 1. The smallest absolute Gasteiger partial charge is 0.426 e. The van der Waals surface area contributed by atoms with E-state index in [0.29, 0.717) is 24.0 Å². The number of hydrogen-bond acceptors (Lipinski definition) is 1. The van der Waals surface area contributed by atoms with Gasteiger partial charge < -0.3 is 4.74 Å². The molecule has 0 unspecified atom stereocenters. The second-order valence-corrected chi connectivity index (χ2v) is 7.77. The molecule has 162 valence electrons. The summed E-state index contributed by atoms with van der Waals surface area (Å²) in [5.41, 5.74) is 0.553. The Labute approximate surface area is 173 Å². The molecule has 2 aromatic rings. The SMILES string of the molecule is CCC/C=C/C1CCC(c2ccc(C(F)(F)Oc3cc(F)c(F)c(F)c3)cc2)CC1. The Balaban J connectivity index is 1.63. The average Bonchev–Trinajstić information content (AvgIpc) is 2.72. The Morgan fingerprint density at radius 1 is 0.967 bits per heavy atom. The van der Waals surface area contributed by atoms with Crippen LogP contribution in [0.4, 0.5) is 22.0 Å². The van der Waals surface area contributed by atoms with Crippen LogP contribution in [0.2, 0.25) is 0 Å². The summed E-state index contributed by atoms with van der Waals surface area (Å²) >= 11 is 0. The van der Waals surface area contributed by atoms with Crippen LogP contribution < -0.4 is 4.74 Å². The highest BCUT2D eigenvalue weighted by atomic mass is 19.3. The molecule has 1 saturated carbocycles. The lowest BCUT2D eigenvalue weighted by Gasteiger charge is -2.27. The molecular formula is C24H25F5O. The van der Waals surface area contributed by atoms with E-state index >= 15 is 0 Å². The van der Waals surface area contributed by atoms with E-state index in [2.05, 4.69) is 23.8 Å². The molecule has 0 atom stereocenters. The van der Waals surface area contributed by atoms with Crippen molar-refractivity contribution in [2.45, 2.75) is 57.5 Å². The van der Waals surface area contributed by atoms with Gasteiger partial charge in [0.05, 0.1) is 5.56 Å². The summed E-state index contributed by atoms with van der Waals surface area (Å²) in [7, 11) is 0. The van der Waals surface area contributed by atoms with Crippen molar-refractivity contribution >= 4 is 0 Å². The highest BCUT2D eigenvalue weighted by molar-refractivity contribution is 5.30. The van der Waals surface area contributed by atoms with Crippen LogP contribution >= 0.6 is 0 Å². The number of halogens is 5. The minimum atomic E-state index is -3.81. The molecular weight excluding hydrogens is 399 g/mol. The number of alkyl halides is 2. The fourth-order valence-corrected chi connectivity index (χ4v) is 3.85. The van der Waals surface area contributed by atoms with Gasteiger partial charge in [0.1, 0.15) is 5.75 Å². The lowest BCUT2D eigenvalue weighted by molar-refractivity contribution is -0.185. The lowest BCUT2D eigenvalue weighted by atomic mass is 9.78. The largest absolute Gasteiger partial charge is 0.429 e. The summed E-state index contributed by atoms with van der Waals surface area (Å²) < 4.78 is 72.8. The number of hydrogen-bond donors (Lipinski definition) is 0. The number of allylic oxidation sites excluding steroid dienone is 2. The van der Waals surface area contributed by atoms with Gasteiger partial charge >= 0.3 is 6.11 Å². The molecule has 1 fully saturated rings. The summed E-state index contributed by atoms with van der Waals surface area (Å²) in [6.45, 7) is 2.15. The monoisotopic (exact) mass is 424 g/mol. The van der Waals surface area contributed by atoms with Crippen molar-refractivity contribution in [3.63, 3.8) is 0 Å². The van der Waals surface area contributed by atoms with Crippen molar-refractivity contribution < 1.29 is 26.7 Å². The van der Waals surface area contributed by atoms with Gasteiger partial charge in [0.25, 0.3) is 0 Å². The third kappa shape index (κ3) is 5.41. The van der Waals surface area contributed by atoms with Crippen LogP contribution in [-0.2, 0) is 6.11 Å². The summed E-state index contributed by atoms with van der Waals surface area (Å²) in [4.78, 5) is 0. The van der Waals surface area contributed by atoms with Gasteiger partial charge in [0, 0.05) is 12.1 Å². The predicted octanol–water partition coefficient (Wildman–Crippen LogP) is 7.86. The first-order valence-electron chi connectivity index (χ1n) is 10.3. The Hall–Kier alpha value is -2.37. The number of benzene rings is 2. The fraction of sp³-hybridized carbons (Fsp3) is 0.417. The van der Waals surface area contributed by atoms with Crippen LogP contribution in [0.5, 0.6) is 5.75 Å². The van der Waals surface area contributed by atoms with E-state index in [1.165, 1.54) is 12.1 Å². The molecule has 0 saturated heterocycles. The molecule has 0 N–H and O–H groups in total. The minimum Gasteiger partial charge on any atom is -0.429 e. The number of unbranched alkanes of at least 4 members (excludes halogenated alkanes) is 1. The van der Waals surface area contributed by atoms with Crippen molar-refractivity contribution in [3.8, 4) is 5.75 Å². The van der Waals surface area contributed by atoms with Crippen molar-refractivity contribution in [1.82, 2.24) is 0 Å². The first-order chi connectivity index (χ1) is 14.3. The minimum absolute atomic E-state index is 0.324. The fourth-order valence-electron chi connectivity index (χ4n) is 3.85. The Morgan fingerprint density at radius 2 is 1.57 bits per heavy atom. The maximum atomic E-state index is 14.4. The van der Waals surface area contributed by atoms with Gasteiger partial charge in [0.2, 0.25) is 0 Å². The lowest BCUT2D eigenvalue weighted by Crippen LogP contribution is -2.22. The molecule has 1 aliphatic rings. The zero-order valence-corrected chi connectivity index (χ0v) is 16.8. The van der Waals surface area contributed by atoms with Gasteiger partial charge in [-0.05, 0) is 61.6 Å². The first kappa shape index (κ1) is 22.3. The Morgan fingerprint density at radius 3 is 2.13 bits per heavy atom. The van der Waals surface area contributed by atoms with Crippen molar-refractivity contribution in [2.24, 2.45) is 5.92 Å². The molecule has 0 spiro atoms. The molecule has 3 rings (SSSR count). The molecule has 0 amide bonds. The molecule has 0 aromatic heterocycles. The van der Waals surface area contributed by atoms with Gasteiger partial charge in [-0.25, -0.2) is 13.2 Å². The van der Waals surface area contributed by atoms with Crippen molar-refractivity contribution in [1.29, 1.82) is 0 Å². The quantitative estimate of drug-likeness (QED) is 0.250. The van der Waals surface area contributed by atoms with E-state index < -0.39 is 34.9 Å². The molecule has 0 bridgehead atoms. The molecule has 0 aliphatic heterocycles. The second kappa shape index (κ2) is 9.63. The van der Waals surface area contributed by atoms with Crippen LogP contribution in [0.3, 0.4) is 0 Å². The van der Waals surface area contributed by atoms with Crippen LogP contribution in [-0.4, -0.2) is 0 Å². The summed E-state index contributed by atoms with van der Waals surface area (Å²) in [5.74, 6) is -4.78. The zero-order valence-electron chi connectivity index (χ0n) is 16.8. The molecule has 0 radical (unpaired) electrons. The highest BCUT2D eigenvalue weighted by Crippen LogP contribution is 2.38.